The van der Waals surface area contributed by atoms with Gasteiger partial charge in [-0.25, -0.2) is 9.78 Å². The molecule has 1 unspecified atom stereocenters. The normalized spacial score (nSPS) is 12.1. The van der Waals surface area contributed by atoms with Gasteiger partial charge in [-0.05, 0) is 35.2 Å². The number of rotatable bonds is 5. The molecule has 4 N–H and O–H groups in total. The standard InChI is InChI=1S/C23H21N3O3/c1-2-14-3-5-15(6-4-14)21(27)16-7-9-17(10-8-16)22-25-19-12-11-18(29-23(24)28)13-20(19)26-22/h3-13,21,27H,2H2,1H3,(H2,24,28)(H,25,26). The van der Waals surface area contributed by atoms with Crippen molar-refractivity contribution in [3.63, 3.8) is 0 Å². The van der Waals surface area contributed by atoms with Crippen molar-refractivity contribution in [2.24, 2.45) is 5.73 Å². The Hall–Kier alpha value is -3.64. The summed E-state index contributed by atoms with van der Waals surface area (Å²) in [6, 6.07) is 20.7. The number of carbonyl (C=O) groups excluding carboxylic acids is 1. The van der Waals surface area contributed by atoms with Crippen LogP contribution in [-0.2, 0) is 6.42 Å². The Kier molecular flexibility index (Phi) is 5.01. The van der Waals surface area contributed by atoms with E-state index in [0.29, 0.717) is 11.6 Å². The average molecular weight is 387 g/mol. The van der Waals surface area contributed by atoms with Gasteiger partial charge in [-0.1, -0.05) is 55.5 Å². The maximum absolute atomic E-state index is 10.9. The number of aliphatic hydroxyl groups excluding tert-OH is 1. The molecule has 0 saturated heterocycles. The smallest absolute Gasteiger partial charge is 0.409 e. The zero-order chi connectivity index (χ0) is 20.4. The summed E-state index contributed by atoms with van der Waals surface area (Å²) in [4.78, 5) is 18.7. The Morgan fingerprint density at radius 3 is 2.34 bits per heavy atom. The molecule has 0 aliphatic carbocycles. The molecule has 0 saturated carbocycles. The van der Waals surface area contributed by atoms with E-state index in [2.05, 4.69) is 16.9 Å². The first kappa shape index (κ1) is 18.7. The Morgan fingerprint density at radius 2 is 1.72 bits per heavy atom. The molecule has 0 bridgehead atoms. The summed E-state index contributed by atoms with van der Waals surface area (Å²) < 4.78 is 4.90. The molecule has 4 aromatic rings. The minimum absolute atomic E-state index is 0.354. The Labute approximate surface area is 168 Å². The molecule has 6 heteroatoms. The molecule has 1 atom stereocenters. The molecule has 6 nitrogen and oxygen atoms in total. The Bertz CT molecular complexity index is 1150. The summed E-state index contributed by atoms with van der Waals surface area (Å²) in [6.07, 6.45) is -0.569. The van der Waals surface area contributed by atoms with Crippen molar-refractivity contribution >= 4 is 17.1 Å². The number of aromatic amines is 1. The number of carbonyl (C=O) groups is 1. The van der Waals surface area contributed by atoms with E-state index < -0.39 is 12.2 Å². The summed E-state index contributed by atoms with van der Waals surface area (Å²) in [5.41, 5.74) is 10.3. The fourth-order valence-corrected chi connectivity index (χ4v) is 3.26. The highest BCUT2D eigenvalue weighted by molar-refractivity contribution is 5.81. The van der Waals surface area contributed by atoms with Gasteiger partial charge < -0.3 is 20.6 Å². The number of imidazole rings is 1. The van der Waals surface area contributed by atoms with E-state index in [9.17, 15) is 9.90 Å². The quantitative estimate of drug-likeness (QED) is 0.474. The van der Waals surface area contributed by atoms with Gasteiger partial charge in [-0.2, -0.15) is 0 Å². The van der Waals surface area contributed by atoms with Crippen LogP contribution in [0.1, 0.15) is 29.7 Å². The van der Waals surface area contributed by atoms with Crippen molar-refractivity contribution in [3.8, 4) is 17.1 Å². The number of hydrogen-bond acceptors (Lipinski definition) is 4. The summed E-state index contributed by atoms with van der Waals surface area (Å²) >= 11 is 0. The van der Waals surface area contributed by atoms with Gasteiger partial charge in [-0.15, -0.1) is 0 Å². The number of ether oxygens (including phenoxy) is 1. The highest BCUT2D eigenvalue weighted by atomic mass is 16.5. The van der Waals surface area contributed by atoms with Crippen molar-refractivity contribution in [2.45, 2.75) is 19.4 Å². The number of hydrogen-bond donors (Lipinski definition) is 3. The van der Waals surface area contributed by atoms with Gasteiger partial charge in [0.2, 0.25) is 0 Å². The second-order valence-electron chi connectivity index (χ2n) is 6.81. The monoisotopic (exact) mass is 387 g/mol. The van der Waals surface area contributed by atoms with Gasteiger partial charge in [0.05, 0.1) is 11.0 Å². The summed E-state index contributed by atoms with van der Waals surface area (Å²) in [5, 5.41) is 10.7. The molecule has 1 aromatic heterocycles. The first-order chi connectivity index (χ1) is 14.0. The lowest BCUT2D eigenvalue weighted by Crippen LogP contribution is -2.16. The molecular weight excluding hydrogens is 366 g/mol. The third-order valence-electron chi connectivity index (χ3n) is 4.88. The first-order valence-corrected chi connectivity index (χ1v) is 9.38. The van der Waals surface area contributed by atoms with Gasteiger partial charge in [0.25, 0.3) is 0 Å². The van der Waals surface area contributed by atoms with Crippen LogP contribution in [0.4, 0.5) is 4.79 Å². The largest absolute Gasteiger partial charge is 0.410 e. The van der Waals surface area contributed by atoms with E-state index >= 15 is 0 Å². The summed E-state index contributed by atoms with van der Waals surface area (Å²) in [6.45, 7) is 2.10. The van der Waals surface area contributed by atoms with Crippen molar-refractivity contribution in [1.82, 2.24) is 9.97 Å². The number of aliphatic hydroxyl groups is 1. The molecule has 1 amide bonds. The van der Waals surface area contributed by atoms with Crippen LogP contribution >= 0.6 is 0 Å². The molecule has 4 rings (SSSR count). The van der Waals surface area contributed by atoms with Gasteiger partial charge in [0.1, 0.15) is 17.7 Å². The van der Waals surface area contributed by atoms with Crippen LogP contribution in [-0.4, -0.2) is 21.2 Å². The maximum atomic E-state index is 10.9. The number of H-pyrrole nitrogens is 1. The molecule has 29 heavy (non-hydrogen) atoms. The van der Waals surface area contributed by atoms with Crippen molar-refractivity contribution < 1.29 is 14.6 Å². The average Bonchev–Trinajstić information content (AvgIpc) is 3.16. The Morgan fingerprint density at radius 1 is 1.07 bits per heavy atom. The van der Waals surface area contributed by atoms with Crippen LogP contribution < -0.4 is 10.5 Å². The van der Waals surface area contributed by atoms with E-state index in [0.717, 1.165) is 34.1 Å². The number of fused-ring (bicyclic) bond motifs is 1. The number of nitrogens with zero attached hydrogens (tertiary/aromatic N) is 1. The van der Waals surface area contributed by atoms with Gasteiger partial charge in [0.15, 0.2) is 0 Å². The number of aryl methyl sites for hydroxylation is 1. The number of nitrogens with one attached hydrogen (secondary N) is 1. The first-order valence-electron chi connectivity index (χ1n) is 9.38. The molecule has 3 aromatic carbocycles. The minimum atomic E-state index is -0.859. The molecule has 0 aliphatic rings. The molecule has 0 radical (unpaired) electrons. The molecule has 1 heterocycles. The minimum Gasteiger partial charge on any atom is -0.410 e. The fraction of sp³-hybridized carbons (Fsp3) is 0.130. The van der Waals surface area contributed by atoms with Crippen LogP contribution in [0.25, 0.3) is 22.4 Å². The lowest BCUT2D eigenvalue weighted by Gasteiger charge is -2.12. The van der Waals surface area contributed by atoms with Crippen molar-refractivity contribution in [2.75, 3.05) is 0 Å². The second-order valence-corrected chi connectivity index (χ2v) is 6.81. The van der Waals surface area contributed by atoms with E-state index in [-0.39, 0.29) is 0 Å². The number of aromatic nitrogens is 2. The Balaban J connectivity index is 1.57. The maximum Gasteiger partial charge on any atom is 0.409 e. The van der Waals surface area contributed by atoms with Crippen LogP contribution in [0, 0.1) is 0 Å². The van der Waals surface area contributed by atoms with E-state index in [1.165, 1.54) is 5.56 Å². The molecule has 0 spiro atoms. The van der Waals surface area contributed by atoms with Crippen molar-refractivity contribution in [3.05, 3.63) is 83.4 Å². The lowest BCUT2D eigenvalue weighted by molar-refractivity contribution is 0.211. The number of primary amides is 1. The molecule has 146 valence electrons. The van der Waals surface area contributed by atoms with E-state index in [4.69, 9.17) is 10.5 Å². The van der Waals surface area contributed by atoms with Gasteiger partial charge in [-0.3, -0.25) is 0 Å². The summed E-state index contributed by atoms with van der Waals surface area (Å²) in [7, 11) is 0. The predicted molar refractivity (Wildman–Crippen MR) is 112 cm³/mol. The predicted octanol–water partition coefficient (Wildman–Crippen LogP) is 4.33. The zero-order valence-corrected chi connectivity index (χ0v) is 15.9. The highest BCUT2D eigenvalue weighted by Gasteiger charge is 2.12. The third kappa shape index (κ3) is 3.97. The molecule has 0 fully saturated rings. The zero-order valence-electron chi connectivity index (χ0n) is 15.9. The number of benzene rings is 3. The van der Waals surface area contributed by atoms with Gasteiger partial charge >= 0.3 is 6.09 Å². The molecular formula is C23H21N3O3. The summed E-state index contributed by atoms with van der Waals surface area (Å²) in [5.74, 6) is 1.04. The van der Waals surface area contributed by atoms with Crippen LogP contribution in [0.3, 0.4) is 0 Å². The second kappa shape index (κ2) is 7.77. The van der Waals surface area contributed by atoms with Crippen LogP contribution in [0.2, 0.25) is 0 Å². The van der Waals surface area contributed by atoms with E-state index in [1.54, 1.807) is 18.2 Å². The SMILES string of the molecule is CCc1ccc(C(O)c2ccc(-c3nc4ccc(OC(N)=O)cc4[nH]3)cc2)cc1. The van der Waals surface area contributed by atoms with Gasteiger partial charge in [0, 0.05) is 11.6 Å². The topological polar surface area (TPSA) is 101 Å². The van der Waals surface area contributed by atoms with Crippen molar-refractivity contribution in [1.29, 1.82) is 0 Å². The highest BCUT2D eigenvalue weighted by Crippen LogP contribution is 2.27. The number of amides is 1. The van der Waals surface area contributed by atoms with E-state index in [1.807, 2.05) is 48.5 Å². The van der Waals surface area contributed by atoms with Crippen LogP contribution in [0.15, 0.2) is 66.7 Å². The number of nitrogens with two attached hydrogens (primary N) is 1. The van der Waals surface area contributed by atoms with Crippen LogP contribution in [0.5, 0.6) is 5.75 Å². The molecule has 0 aliphatic heterocycles. The third-order valence-corrected chi connectivity index (χ3v) is 4.88. The lowest BCUT2D eigenvalue weighted by atomic mass is 9.99. The fourth-order valence-electron chi connectivity index (χ4n) is 3.26.